The third-order valence-electron chi connectivity index (χ3n) is 3.76. The Bertz CT molecular complexity index is 840. The van der Waals surface area contributed by atoms with Crippen LogP contribution in [0.4, 0.5) is 0 Å². The van der Waals surface area contributed by atoms with Gasteiger partial charge in [-0.1, -0.05) is 64.5 Å². The van der Waals surface area contributed by atoms with Gasteiger partial charge in [0.2, 0.25) is 0 Å². The summed E-state index contributed by atoms with van der Waals surface area (Å²) in [5.74, 6) is -0.294. The second-order valence-corrected chi connectivity index (χ2v) is 5.93. The summed E-state index contributed by atoms with van der Waals surface area (Å²) in [5.41, 5.74) is 2.79. The molecule has 22 heavy (non-hydrogen) atoms. The zero-order valence-corrected chi connectivity index (χ0v) is 13.8. The summed E-state index contributed by atoms with van der Waals surface area (Å²) in [7, 11) is 1.41. The highest BCUT2D eigenvalue weighted by Gasteiger charge is 2.12. The minimum Gasteiger partial charge on any atom is -0.465 e. The first-order chi connectivity index (χ1) is 10.7. The number of benzene rings is 3. The lowest BCUT2D eigenvalue weighted by atomic mass is 9.96. The molecule has 0 N–H and O–H groups in total. The number of esters is 1. The van der Waals surface area contributed by atoms with Crippen LogP contribution in [-0.2, 0) is 11.2 Å². The van der Waals surface area contributed by atoms with Gasteiger partial charge in [0.25, 0.3) is 0 Å². The monoisotopic (exact) mass is 354 g/mol. The van der Waals surface area contributed by atoms with Crippen LogP contribution in [0.3, 0.4) is 0 Å². The number of hydrogen-bond donors (Lipinski definition) is 0. The Labute approximate surface area is 137 Å². The molecule has 3 rings (SSSR count). The van der Waals surface area contributed by atoms with Crippen molar-refractivity contribution in [3.63, 3.8) is 0 Å². The highest BCUT2D eigenvalue weighted by Crippen LogP contribution is 2.28. The van der Waals surface area contributed by atoms with Crippen molar-refractivity contribution in [1.29, 1.82) is 0 Å². The molecule has 0 heterocycles. The molecule has 110 valence electrons. The first-order valence-electron chi connectivity index (χ1n) is 7.03. The predicted octanol–water partition coefficient (Wildman–Crippen LogP) is 4.98. The van der Waals surface area contributed by atoms with Crippen molar-refractivity contribution < 1.29 is 9.53 Å². The van der Waals surface area contributed by atoms with Crippen LogP contribution in [-0.4, -0.2) is 13.1 Å². The molecule has 0 saturated heterocycles. The van der Waals surface area contributed by atoms with Gasteiger partial charge in [-0.15, -0.1) is 0 Å². The van der Waals surface area contributed by atoms with E-state index >= 15 is 0 Å². The van der Waals surface area contributed by atoms with Crippen molar-refractivity contribution in [1.82, 2.24) is 0 Å². The van der Waals surface area contributed by atoms with Gasteiger partial charge in [-0.3, -0.25) is 0 Å². The van der Waals surface area contributed by atoms with Crippen LogP contribution in [0.25, 0.3) is 10.8 Å². The molecule has 0 atom stereocenters. The van der Waals surface area contributed by atoms with Gasteiger partial charge in [-0.05, 0) is 40.5 Å². The molecule has 3 aromatic carbocycles. The Morgan fingerprint density at radius 2 is 1.59 bits per heavy atom. The SMILES string of the molecule is COC(=O)c1ccccc1Cc1cccc2c(Br)cccc12. The Hall–Kier alpha value is -2.13. The van der Waals surface area contributed by atoms with Crippen LogP contribution in [0, 0.1) is 0 Å². The molecule has 0 aromatic heterocycles. The molecular formula is C19H15BrO2. The van der Waals surface area contributed by atoms with Crippen LogP contribution in [0.15, 0.2) is 65.1 Å². The number of hydrogen-bond acceptors (Lipinski definition) is 2. The number of fused-ring (bicyclic) bond motifs is 1. The minimum absolute atomic E-state index is 0.294. The van der Waals surface area contributed by atoms with Crippen LogP contribution < -0.4 is 0 Å². The Kier molecular flexibility index (Phi) is 4.25. The van der Waals surface area contributed by atoms with Crippen molar-refractivity contribution in [2.45, 2.75) is 6.42 Å². The summed E-state index contributed by atoms with van der Waals surface area (Å²) in [4.78, 5) is 11.9. The minimum atomic E-state index is -0.294. The molecular weight excluding hydrogens is 340 g/mol. The lowest BCUT2D eigenvalue weighted by Gasteiger charge is -2.11. The first kappa shape index (κ1) is 14.8. The lowest BCUT2D eigenvalue weighted by Crippen LogP contribution is -2.06. The summed E-state index contributed by atoms with van der Waals surface area (Å²) in [6.45, 7) is 0. The average Bonchev–Trinajstić information content (AvgIpc) is 2.56. The molecule has 3 heteroatoms. The number of rotatable bonds is 3. The van der Waals surface area contributed by atoms with E-state index in [1.807, 2.05) is 42.5 Å². The fraction of sp³-hybridized carbons (Fsp3) is 0.105. The maximum absolute atomic E-state index is 11.9. The molecule has 2 nitrogen and oxygen atoms in total. The van der Waals surface area contributed by atoms with E-state index in [0.717, 1.165) is 10.0 Å². The topological polar surface area (TPSA) is 26.3 Å². The molecule has 3 aromatic rings. The summed E-state index contributed by atoms with van der Waals surface area (Å²) >= 11 is 3.59. The smallest absolute Gasteiger partial charge is 0.338 e. The Balaban J connectivity index is 2.08. The van der Waals surface area contributed by atoms with Crippen LogP contribution in [0.5, 0.6) is 0 Å². The highest BCUT2D eigenvalue weighted by atomic mass is 79.9. The normalized spacial score (nSPS) is 10.6. The molecule has 0 aliphatic heterocycles. The van der Waals surface area contributed by atoms with E-state index in [1.54, 1.807) is 0 Å². The molecule has 0 radical (unpaired) electrons. The van der Waals surface area contributed by atoms with Crippen molar-refractivity contribution in [3.8, 4) is 0 Å². The zero-order valence-electron chi connectivity index (χ0n) is 12.2. The van der Waals surface area contributed by atoms with E-state index in [2.05, 4.69) is 34.1 Å². The van der Waals surface area contributed by atoms with E-state index in [1.165, 1.54) is 23.4 Å². The standard InChI is InChI=1S/C19H15BrO2/c1-22-19(21)16-8-3-2-6-14(16)12-13-7-4-10-17-15(13)9-5-11-18(17)20/h2-11H,12H2,1H3. The van der Waals surface area contributed by atoms with Crippen molar-refractivity contribution in [3.05, 3.63) is 81.8 Å². The maximum Gasteiger partial charge on any atom is 0.338 e. The molecule has 0 unspecified atom stereocenters. The van der Waals surface area contributed by atoms with E-state index in [-0.39, 0.29) is 5.97 Å². The van der Waals surface area contributed by atoms with Gasteiger partial charge < -0.3 is 4.74 Å². The molecule has 0 fully saturated rings. The molecule has 0 saturated carbocycles. The van der Waals surface area contributed by atoms with Gasteiger partial charge in [0, 0.05) is 4.47 Å². The van der Waals surface area contributed by atoms with Gasteiger partial charge in [0.1, 0.15) is 0 Å². The quantitative estimate of drug-likeness (QED) is 0.620. The Morgan fingerprint density at radius 1 is 0.909 bits per heavy atom. The second-order valence-electron chi connectivity index (χ2n) is 5.08. The van der Waals surface area contributed by atoms with E-state index < -0.39 is 0 Å². The number of carbonyl (C=O) groups is 1. The number of carbonyl (C=O) groups excluding carboxylic acids is 1. The summed E-state index contributed by atoms with van der Waals surface area (Å²) < 4.78 is 5.95. The van der Waals surface area contributed by atoms with Gasteiger partial charge >= 0.3 is 5.97 Å². The maximum atomic E-state index is 11.9. The van der Waals surface area contributed by atoms with Gasteiger partial charge in [-0.2, -0.15) is 0 Å². The number of methoxy groups -OCH3 is 1. The fourth-order valence-electron chi connectivity index (χ4n) is 2.68. The third-order valence-corrected chi connectivity index (χ3v) is 4.45. The molecule has 0 spiro atoms. The first-order valence-corrected chi connectivity index (χ1v) is 7.82. The fourth-order valence-corrected chi connectivity index (χ4v) is 3.18. The number of halogens is 1. The second kappa shape index (κ2) is 6.32. The largest absolute Gasteiger partial charge is 0.465 e. The van der Waals surface area contributed by atoms with Gasteiger partial charge in [-0.25, -0.2) is 4.79 Å². The molecule has 0 amide bonds. The average molecular weight is 355 g/mol. The predicted molar refractivity (Wildman–Crippen MR) is 92.2 cm³/mol. The van der Waals surface area contributed by atoms with Crippen molar-refractivity contribution >= 4 is 32.7 Å². The Morgan fingerprint density at radius 3 is 2.41 bits per heavy atom. The lowest BCUT2D eigenvalue weighted by molar-refractivity contribution is 0.0599. The highest BCUT2D eigenvalue weighted by molar-refractivity contribution is 9.10. The van der Waals surface area contributed by atoms with Crippen LogP contribution in [0.1, 0.15) is 21.5 Å². The van der Waals surface area contributed by atoms with Crippen LogP contribution in [0.2, 0.25) is 0 Å². The van der Waals surface area contributed by atoms with Gasteiger partial charge in [0.15, 0.2) is 0 Å². The molecule has 0 aliphatic carbocycles. The zero-order chi connectivity index (χ0) is 15.5. The van der Waals surface area contributed by atoms with Crippen molar-refractivity contribution in [2.75, 3.05) is 7.11 Å². The van der Waals surface area contributed by atoms with E-state index in [4.69, 9.17) is 4.74 Å². The van der Waals surface area contributed by atoms with Crippen molar-refractivity contribution in [2.24, 2.45) is 0 Å². The third kappa shape index (κ3) is 2.77. The van der Waals surface area contributed by atoms with Crippen LogP contribution >= 0.6 is 15.9 Å². The van der Waals surface area contributed by atoms with E-state index in [9.17, 15) is 4.79 Å². The van der Waals surface area contributed by atoms with Gasteiger partial charge in [0.05, 0.1) is 12.7 Å². The summed E-state index contributed by atoms with van der Waals surface area (Å²) in [6.07, 6.45) is 0.694. The molecule has 0 bridgehead atoms. The molecule has 0 aliphatic rings. The summed E-state index contributed by atoms with van der Waals surface area (Å²) in [5, 5.41) is 2.37. The number of ether oxygens (including phenoxy) is 1. The summed E-state index contributed by atoms with van der Waals surface area (Å²) in [6, 6.07) is 20.0. The van der Waals surface area contributed by atoms with E-state index in [0.29, 0.717) is 12.0 Å².